The molecule has 1 aliphatic carbocycles. The van der Waals surface area contributed by atoms with Crippen LogP contribution in [0.4, 0.5) is 11.4 Å². The molecule has 4 nitrogen and oxygen atoms in total. The van der Waals surface area contributed by atoms with Gasteiger partial charge in [-0.2, -0.15) is 0 Å². The van der Waals surface area contributed by atoms with Crippen molar-refractivity contribution < 1.29 is 9.53 Å². The molecular weight excluding hydrogens is 372 g/mol. The molecule has 1 aliphatic rings. The summed E-state index contributed by atoms with van der Waals surface area (Å²) in [4.78, 5) is 8.95. The van der Waals surface area contributed by atoms with E-state index in [9.17, 15) is 0 Å². The topological polar surface area (TPSA) is 64.3 Å². The molecule has 0 bridgehead atoms. The van der Waals surface area contributed by atoms with Crippen molar-refractivity contribution in [1.82, 2.24) is 0 Å². The number of benzene rings is 2. The second-order valence-electron chi connectivity index (χ2n) is 7.73. The van der Waals surface area contributed by atoms with Crippen molar-refractivity contribution in [3.8, 4) is 0 Å². The van der Waals surface area contributed by atoms with Crippen molar-refractivity contribution in [1.29, 1.82) is 0 Å². The minimum absolute atomic E-state index is 0.317. The van der Waals surface area contributed by atoms with Crippen LogP contribution in [-0.2, 0) is 15.4 Å². The molecule has 1 saturated carbocycles. The van der Waals surface area contributed by atoms with E-state index in [-0.39, 0.29) is 0 Å². The molecule has 0 aromatic heterocycles. The van der Waals surface area contributed by atoms with E-state index in [1.54, 1.807) is 0 Å². The van der Waals surface area contributed by atoms with Crippen LogP contribution in [0.15, 0.2) is 30.3 Å². The first-order valence-corrected chi connectivity index (χ1v) is 10.0. The molecule has 2 aromatic rings. The lowest BCUT2D eigenvalue weighted by Crippen LogP contribution is -2.15. The number of methoxy groups -OCH3 is 1. The van der Waals surface area contributed by atoms with Crippen LogP contribution in [0.5, 0.6) is 0 Å². The third kappa shape index (κ3) is 4.61. The van der Waals surface area contributed by atoms with E-state index < -0.39 is 0 Å². The maximum atomic E-state index is 8.95. The SMILES string of the molecule is CNc1ccc(C(c2ccc(C)c(CCl)c2)C2(C)CC2)c(C)c1N.COC=O. The van der Waals surface area contributed by atoms with Crippen LogP contribution in [0.2, 0.25) is 0 Å². The number of hydrogen-bond donors (Lipinski definition) is 2. The molecule has 0 spiro atoms. The van der Waals surface area contributed by atoms with E-state index in [2.05, 4.69) is 61.2 Å². The lowest BCUT2D eigenvalue weighted by atomic mass is 9.76. The summed E-state index contributed by atoms with van der Waals surface area (Å²) in [6, 6.07) is 11.1. The van der Waals surface area contributed by atoms with E-state index in [0.29, 0.717) is 23.7 Å². The largest absolute Gasteiger partial charge is 0.471 e. The number of nitrogen functional groups attached to an aromatic ring is 1. The maximum Gasteiger partial charge on any atom is 0.292 e. The van der Waals surface area contributed by atoms with Gasteiger partial charge in [0.25, 0.3) is 6.47 Å². The Kier molecular flexibility index (Phi) is 7.36. The van der Waals surface area contributed by atoms with E-state index >= 15 is 0 Å². The number of nitrogens with one attached hydrogen (secondary N) is 1. The fourth-order valence-electron chi connectivity index (χ4n) is 3.73. The Bertz CT molecular complexity index is 832. The summed E-state index contributed by atoms with van der Waals surface area (Å²) >= 11 is 6.15. The van der Waals surface area contributed by atoms with Crippen LogP contribution in [-0.4, -0.2) is 20.6 Å². The lowest BCUT2D eigenvalue weighted by molar-refractivity contribution is -0.126. The predicted octanol–water partition coefficient (Wildman–Crippen LogP) is 5.39. The zero-order valence-electron chi connectivity index (χ0n) is 17.4. The average Bonchev–Trinajstić information content (AvgIpc) is 3.44. The first-order chi connectivity index (χ1) is 13.3. The highest BCUT2D eigenvalue weighted by Gasteiger charge is 2.46. The third-order valence-corrected chi connectivity index (χ3v) is 6.11. The summed E-state index contributed by atoms with van der Waals surface area (Å²) in [5, 5.41) is 3.18. The zero-order valence-corrected chi connectivity index (χ0v) is 18.2. The Morgan fingerprint density at radius 3 is 2.43 bits per heavy atom. The molecule has 0 heterocycles. The Labute approximate surface area is 173 Å². The van der Waals surface area contributed by atoms with Gasteiger partial charge in [0.05, 0.1) is 18.5 Å². The van der Waals surface area contributed by atoms with Crippen molar-refractivity contribution in [3.63, 3.8) is 0 Å². The molecule has 1 unspecified atom stereocenters. The van der Waals surface area contributed by atoms with Gasteiger partial charge in [-0.25, -0.2) is 0 Å². The second-order valence-corrected chi connectivity index (χ2v) is 8.00. The lowest BCUT2D eigenvalue weighted by Gasteiger charge is -2.28. The highest BCUT2D eigenvalue weighted by molar-refractivity contribution is 6.17. The molecule has 2 aromatic carbocycles. The molecule has 28 heavy (non-hydrogen) atoms. The first-order valence-electron chi connectivity index (χ1n) is 9.51. The fraction of sp³-hybridized carbons (Fsp3) is 0.435. The molecule has 0 saturated heterocycles. The number of aryl methyl sites for hydroxylation is 1. The second kappa shape index (κ2) is 9.33. The Balaban J connectivity index is 0.000000640. The highest BCUT2D eigenvalue weighted by atomic mass is 35.5. The highest BCUT2D eigenvalue weighted by Crippen LogP contribution is 2.59. The number of carbonyl (C=O) groups is 1. The number of alkyl halides is 1. The summed E-state index contributed by atoms with van der Waals surface area (Å²) in [5.74, 6) is 0.927. The molecule has 3 rings (SSSR count). The van der Waals surface area contributed by atoms with Crippen LogP contribution < -0.4 is 11.1 Å². The first kappa shape index (κ1) is 22.1. The summed E-state index contributed by atoms with van der Waals surface area (Å²) in [6.07, 6.45) is 2.52. The maximum absolute atomic E-state index is 8.95. The average molecular weight is 403 g/mol. The third-order valence-electron chi connectivity index (χ3n) is 5.82. The molecule has 0 amide bonds. The van der Waals surface area contributed by atoms with Gasteiger partial charge in [0.15, 0.2) is 0 Å². The van der Waals surface area contributed by atoms with Gasteiger partial charge in [-0.1, -0.05) is 31.2 Å². The van der Waals surface area contributed by atoms with Crippen LogP contribution in [0, 0.1) is 19.3 Å². The number of ether oxygens (including phenoxy) is 1. The van der Waals surface area contributed by atoms with Crippen molar-refractivity contribution in [2.24, 2.45) is 5.41 Å². The normalized spacial score (nSPS) is 15.1. The van der Waals surface area contributed by atoms with Crippen molar-refractivity contribution in [2.45, 2.75) is 45.4 Å². The molecular formula is C23H31ClN2O2. The van der Waals surface area contributed by atoms with Crippen LogP contribution in [0.3, 0.4) is 0 Å². The van der Waals surface area contributed by atoms with Gasteiger partial charge in [-0.05, 0) is 66.0 Å². The van der Waals surface area contributed by atoms with Crippen molar-refractivity contribution in [3.05, 3.63) is 58.1 Å². The molecule has 1 atom stereocenters. The van der Waals surface area contributed by atoms with Crippen LogP contribution in [0.1, 0.15) is 53.5 Å². The molecule has 0 radical (unpaired) electrons. The number of halogens is 1. The summed E-state index contributed by atoms with van der Waals surface area (Å²) < 4.78 is 3.86. The smallest absolute Gasteiger partial charge is 0.292 e. The molecule has 3 N–H and O–H groups in total. The van der Waals surface area contributed by atoms with Gasteiger partial charge in [-0.3, -0.25) is 4.79 Å². The Hall–Kier alpha value is -2.20. The number of anilines is 2. The number of rotatable bonds is 6. The van der Waals surface area contributed by atoms with E-state index in [0.717, 1.165) is 11.4 Å². The molecule has 5 heteroatoms. The number of hydrogen-bond acceptors (Lipinski definition) is 4. The monoisotopic (exact) mass is 402 g/mol. The van der Waals surface area contributed by atoms with Gasteiger partial charge < -0.3 is 15.8 Å². The van der Waals surface area contributed by atoms with E-state index in [1.165, 1.54) is 47.8 Å². The number of carbonyl (C=O) groups excluding carboxylic acids is 1. The van der Waals surface area contributed by atoms with Gasteiger partial charge in [0.2, 0.25) is 0 Å². The Morgan fingerprint density at radius 1 is 1.29 bits per heavy atom. The quantitative estimate of drug-likeness (QED) is 0.386. The number of nitrogens with two attached hydrogens (primary N) is 1. The summed E-state index contributed by atoms with van der Waals surface area (Å²) in [7, 11) is 3.23. The molecule has 1 fully saturated rings. The fourth-order valence-corrected chi connectivity index (χ4v) is 4.02. The summed E-state index contributed by atoms with van der Waals surface area (Å²) in [5.41, 5.74) is 14.9. The van der Waals surface area contributed by atoms with Crippen LogP contribution in [0.25, 0.3) is 0 Å². The minimum Gasteiger partial charge on any atom is -0.471 e. The zero-order chi connectivity index (χ0) is 20.9. The van der Waals surface area contributed by atoms with E-state index in [1.807, 2.05) is 7.05 Å². The van der Waals surface area contributed by atoms with Gasteiger partial charge in [-0.15, -0.1) is 11.6 Å². The van der Waals surface area contributed by atoms with Gasteiger partial charge in [0.1, 0.15) is 0 Å². The molecule has 152 valence electrons. The van der Waals surface area contributed by atoms with Crippen molar-refractivity contribution >= 4 is 29.4 Å². The van der Waals surface area contributed by atoms with E-state index in [4.69, 9.17) is 22.1 Å². The van der Waals surface area contributed by atoms with Gasteiger partial charge >= 0.3 is 0 Å². The standard InChI is InChI=1S/C21H27ClN2.C2H4O2/c1-13-5-6-15(11-16(13)12-22)19(21(3)9-10-21)17-7-8-18(24-4)20(23)14(17)2;1-4-2-3/h5-8,11,19,24H,9-10,12,23H2,1-4H3;2H,1H3. The van der Waals surface area contributed by atoms with Gasteiger partial charge in [0, 0.05) is 18.8 Å². The summed E-state index contributed by atoms with van der Waals surface area (Å²) in [6.45, 7) is 7.03. The minimum atomic E-state index is 0.317. The van der Waals surface area contributed by atoms with Crippen LogP contribution >= 0.6 is 11.6 Å². The predicted molar refractivity (Wildman–Crippen MR) is 118 cm³/mol. The molecule has 0 aliphatic heterocycles. The van der Waals surface area contributed by atoms with Crippen molar-refractivity contribution in [2.75, 3.05) is 25.2 Å². The Morgan fingerprint density at radius 2 is 1.93 bits per heavy atom.